The summed E-state index contributed by atoms with van der Waals surface area (Å²) in [5.41, 5.74) is 2.87. The summed E-state index contributed by atoms with van der Waals surface area (Å²) in [6.07, 6.45) is 8.24. The molecular formula is C14H15NO2. The van der Waals surface area contributed by atoms with E-state index in [1.54, 1.807) is 18.2 Å². The van der Waals surface area contributed by atoms with Crippen LogP contribution in [0.15, 0.2) is 28.2 Å². The van der Waals surface area contributed by atoms with Gasteiger partial charge in [0.1, 0.15) is 11.3 Å². The van der Waals surface area contributed by atoms with Gasteiger partial charge in [0.25, 0.3) is 0 Å². The van der Waals surface area contributed by atoms with E-state index in [0.717, 1.165) is 18.4 Å². The SMILES string of the molecule is Oc1ccc2nc(C=C3CCCCC3)oc2c1. The second kappa shape index (κ2) is 4.24. The molecule has 1 aromatic carbocycles. The van der Waals surface area contributed by atoms with Crippen LogP contribution in [0.3, 0.4) is 0 Å². The minimum absolute atomic E-state index is 0.213. The van der Waals surface area contributed by atoms with Crippen molar-refractivity contribution in [3.05, 3.63) is 29.7 Å². The predicted octanol–water partition coefficient (Wildman–Crippen LogP) is 3.88. The van der Waals surface area contributed by atoms with Crippen molar-refractivity contribution < 1.29 is 9.52 Å². The van der Waals surface area contributed by atoms with E-state index in [9.17, 15) is 5.11 Å². The van der Waals surface area contributed by atoms with E-state index in [1.807, 2.05) is 0 Å². The van der Waals surface area contributed by atoms with Gasteiger partial charge in [-0.3, -0.25) is 0 Å². The van der Waals surface area contributed by atoms with Crippen molar-refractivity contribution in [3.8, 4) is 5.75 Å². The lowest BCUT2D eigenvalue weighted by Crippen LogP contribution is -1.93. The Bertz CT molecular complexity index is 561. The molecular weight excluding hydrogens is 214 g/mol. The average Bonchev–Trinajstić information content (AvgIpc) is 2.71. The molecule has 17 heavy (non-hydrogen) atoms. The number of aromatic nitrogens is 1. The van der Waals surface area contributed by atoms with E-state index in [-0.39, 0.29) is 5.75 Å². The summed E-state index contributed by atoms with van der Waals surface area (Å²) in [4.78, 5) is 4.39. The summed E-state index contributed by atoms with van der Waals surface area (Å²) in [6, 6.07) is 5.00. The number of allylic oxidation sites excluding steroid dienone is 1. The Morgan fingerprint density at radius 3 is 2.82 bits per heavy atom. The van der Waals surface area contributed by atoms with Crippen molar-refractivity contribution in [1.29, 1.82) is 0 Å². The number of oxazole rings is 1. The Labute approximate surface area is 99.8 Å². The Balaban J connectivity index is 1.95. The van der Waals surface area contributed by atoms with Gasteiger partial charge in [0.15, 0.2) is 5.58 Å². The third-order valence-corrected chi connectivity index (χ3v) is 3.21. The van der Waals surface area contributed by atoms with Gasteiger partial charge in [-0.05, 0) is 43.9 Å². The molecule has 1 heterocycles. The zero-order valence-corrected chi connectivity index (χ0v) is 9.65. The van der Waals surface area contributed by atoms with Gasteiger partial charge < -0.3 is 9.52 Å². The third-order valence-electron chi connectivity index (χ3n) is 3.21. The number of phenols is 1. The monoisotopic (exact) mass is 229 g/mol. The number of benzene rings is 1. The van der Waals surface area contributed by atoms with Crippen molar-refractivity contribution in [1.82, 2.24) is 4.98 Å². The first-order valence-electron chi connectivity index (χ1n) is 6.10. The minimum Gasteiger partial charge on any atom is -0.508 e. The Morgan fingerprint density at radius 1 is 1.18 bits per heavy atom. The molecule has 1 saturated carbocycles. The lowest BCUT2D eigenvalue weighted by atomic mass is 9.95. The molecule has 0 amide bonds. The number of nitrogens with zero attached hydrogens (tertiary/aromatic N) is 1. The van der Waals surface area contributed by atoms with Crippen LogP contribution in [0.25, 0.3) is 17.2 Å². The number of hydrogen-bond acceptors (Lipinski definition) is 3. The molecule has 0 aliphatic heterocycles. The highest BCUT2D eigenvalue weighted by Gasteiger charge is 2.08. The fourth-order valence-corrected chi connectivity index (χ4v) is 2.32. The molecule has 1 aliphatic rings. The van der Waals surface area contributed by atoms with Crippen molar-refractivity contribution >= 4 is 17.2 Å². The fourth-order valence-electron chi connectivity index (χ4n) is 2.32. The molecule has 1 aliphatic carbocycles. The molecule has 0 radical (unpaired) electrons. The van der Waals surface area contributed by atoms with Gasteiger partial charge in [0, 0.05) is 6.07 Å². The van der Waals surface area contributed by atoms with E-state index in [0.29, 0.717) is 11.5 Å². The number of fused-ring (bicyclic) bond motifs is 1. The zero-order valence-electron chi connectivity index (χ0n) is 9.65. The Morgan fingerprint density at radius 2 is 2.00 bits per heavy atom. The maximum absolute atomic E-state index is 9.36. The highest BCUT2D eigenvalue weighted by Crippen LogP contribution is 2.26. The molecule has 88 valence electrons. The summed E-state index contributed by atoms with van der Waals surface area (Å²) >= 11 is 0. The standard InChI is InChI=1S/C14H15NO2/c16-11-6-7-12-13(9-11)17-14(15-12)8-10-4-2-1-3-5-10/h6-9,16H,1-5H2. The van der Waals surface area contributed by atoms with Crippen LogP contribution >= 0.6 is 0 Å². The second-order valence-corrected chi connectivity index (χ2v) is 4.57. The van der Waals surface area contributed by atoms with Crippen LogP contribution in [-0.4, -0.2) is 10.1 Å². The van der Waals surface area contributed by atoms with E-state index >= 15 is 0 Å². The molecule has 0 spiro atoms. The summed E-state index contributed by atoms with van der Waals surface area (Å²) in [6.45, 7) is 0. The average molecular weight is 229 g/mol. The topological polar surface area (TPSA) is 46.3 Å². The van der Waals surface area contributed by atoms with Crippen LogP contribution < -0.4 is 0 Å². The van der Waals surface area contributed by atoms with Gasteiger partial charge in [-0.2, -0.15) is 0 Å². The van der Waals surface area contributed by atoms with Crippen molar-refractivity contribution in [2.24, 2.45) is 0 Å². The summed E-state index contributed by atoms with van der Waals surface area (Å²) < 4.78 is 5.60. The molecule has 0 unspecified atom stereocenters. The molecule has 0 saturated heterocycles. The molecule has 1 fully saturated rings. The maximum atomic E-state index is 9.36. The molecule has 1 N–H and O–H groups in total. The van der Waals surface area contributed by atoms with Gasteiger partial charge >= 0.3 is 0 Å². The number of rotatable bonds is 1. The minimum atomic E-state index is 0.213. The van der Waals surface area contributed by atoms with Crippen LogP contribution in [0.2, 0.25) is 0 Å². The first-order chi connectivity index (χ1) is 8.31. The largest absolute Gasteiger partial charge is 0.508 e. The first-order valence-corrected chi connectivity index (χ1v) is 6.10. The van der Waals surface area contributed by atoms with Crippen LogP contribution in [0, 0.1) is 0 Å². The van der Waals surface area contributed by atoms with E-state index in [2.05, 4.69) is 11.1 Å². The van der Waals surface area contributed by atoms with Crippen molar-refractivity contribution in [3.63, 3.8) is 0 Å². The molecule has 0 atom stereocenters. The van der Waals surface area contributed by atoms with Crippen LogP contribution in [0.4, 0.5) is 0 Å². The highest BCUT2D eigenvalue weighted by atomic mass is 16.3. The molecule has 0 bridgehead atoms. The molecule has 3 heteroatoms. The summed E-state index contributed by atoms with van der Waals surface area (Å²) in [5, 5.41) is 9.36. The normalized spacial score (nSPS) is 16.4. The van der Waals surface area contributed by atoms with Crippen LogP contribution in [0.5, 0.6) is 5.75 Å². The van der Waals surface area contributed by atoms with E-state index in [1.165, 1.54) is 24.8 Å². The number of hydrogen-bond donors (Lipinski definition) is 1. The molecule has 3 nitrogen and oxygen atoms in total. The van der Waals surface area contributed by atoms with Gasteiger partial charge in [-0.25, -0.2) is 4.98 Å². The van der Waals surface area contributed by atoms with Gasteiger partial charge in [-0.1, -0.05) is 12.0 Å². The molecule has 2 aromatic rings. The fraction of sp³-hybridized carbons (Fsp3) is 0.357. The van der Waals surface area contributed by atoms with Gasteiger partial charge in [0.2, 0.25) is 5.89 Å². The maximum Gasteiger partial charge on any atom is 0.219 e. The van der Waals surface area contributed by atoms with Gasteiger partial charge in [-0.15, -0.1) is 0 Å². The highest BCUT2D eigenvalue weighted by molar-refractivity contribution is 5.75. The van der Waals surface area contributed by atoms with Crippen molar-refractivity contribution in [2.75, 3.05) is 0 Å². The quantitative estimate of drug-likeness (QED) is 0.807. The number of aromatic hydroxyl groups is 1. The number of phenolic OH excluding ortho intramolecular Hbond substituents is 1. The second-order valence-electron chi connectivity index (χ2n) is 4.57. The predicted molar refractivity (Wildman–Crippen MR) is 66.7 cm³/mol. The van der Waals surface area contributed by atoms with Crippen molar-refractivity contribution in [2.45, 2.75) is 32.1 Å². The summed E-state index contributed by atoms with van der Waals surface area (Å²) in [7, 11) is 0. The summed E-state index contributed by atoms with van der Waals surface area (Å²) in [5.74, 6) is 0.869. The Kier molecular flexibility index (Phi) is 2.59. The van der Waals surface area contributed by atoms with Gasteiger partial charge in [0.05, 0.1) is 0 Å². The lowest BCUT2D eigenvalue weighted by Gasteiger charge is -2.12. The zero-order chi connectivity index (χ0) is 11.7. The third kappa shape index (κ3) is 2.18. The molecule has 1 aromatic heterocycles. The van der Waals surface area contributed by atoms with Crippen LogP contribution in [-0.2, 0) is 0 Å². The lowest BCUT2D eigenvalue weighted by molar-refractivity contribution is 0.474. The Hall–Kier alpha value is -1.77. The van der Waals surface area contributed by atoms with E-state index in [4.69, 9.17) is 4.42 Å². The smallest absolute Gasteiger partial charge is 0.219 e. The van der Waals surface area contributed by atoms with Crippen LogP contribution in [0.1, 0.15) is 38.0 Å². The molecule has 3 rings (SSSR count). The van der Waals surface area contributed by atoms with E-state index < -0.39 is 0 Å². The first kappa shape index (κ1) is 10.4.